The van der Waals surface area contributed by atoms with Crippen molar-refractivity contribution in [3.63, 3.8) is 0 Å². The number of likely N-dealkylation sites (N-methyl/N-ethyl adjacent to an activating group) is 1. The van der Waals surface area contributed by atoms with E-state index in [9.17, 15) is 4.79 Å². The number of nitrogens with zero attached hydrogens (tertiary/aromatic N) is 6. The van der Waals surface area contributed by atoms with Crippen LogP contribution in [0.3, 0.4) is 0 Å². The maximum atomic E-state index is 13.7. The Morgan fingerprint density at radius 3 is 2.82 bits per heavy atom. The molecule has 3 aliphatic rings. The molecule has 0 saturated carbocycles. The quantitative estimate of drug-likeness (QED) is 0.620. The van der Waals surface area contributed by atoms with Crippen LogP contribution in [-0.4, -0.2) is 64.3 Å². The van der Waals surface area contributed by atoms with Gasteiger partial charge in [-0.05, 0) is 44.7 Å². The Bertz CT molecular complexity index is 1240. The molecule has 0 spiro atoms. The highest BCUT2D eigenvalue weighted by Crippen LogP contribution is 2.37. The second-order valence-corrected chi connectivity index (χ2v) is 9.83. The number of carbonyl (C=O) groups excluding carboxylic acids is 1. The van der Waals surface area contributed by atoms with E-state index >= 15 is 0 Å². The van der Waals surface area contributed by atoms with Crippen LogP contribution in [0.2, 0.25) is 0 Å². The first-order chi connectivity index (χ1) is 16.5. The van der Waals surface area contributed by atoms with Crippen molar-refractivity contribution in [2.45, 2.75) is 50.9 Å². The van der Waals surface area contributed by atoms with Crippen LogP contribution in [-0.2, 0) is 4.79 Å². The predicted octanol–water partition coefficient (Wildman–Crippen LogP) is 2.52. The molecule has 2 fully saturated rings. The van der Waals surface area contributed by atoms with Crippen LogP contribution in [0, 0.1) is 6.92 Å². The molecule has 178 valence electrons. The Balaban J connectivity index is 1.29. The number of carbonyl (C=O) groups is 1. The Morgan fingerprint density at radius 1 is 1.18 bits per heavy atom. The Labute approximate surface area is 199 Å². The number of anilines is 3. The van der Waals surface area contributed by atoms with Crippen molar-refractivity contribution in [1.82, 2.24) is 19.5 Å². The lowest BCUT2D eigenvalue weighted by Crippen LogP contribution is -2.51. The highest BCUT2D eigenvalue weighted by atomic mass is 16.2. The Hall–Kier alpha value is -3.33. The van der Waals surface area contributed by atoms with E-state index in [0.717, 1.165) is 79.4 Å². The van der Waals surface area contributed by atoms with Crippen LogP contribution in [0.1, 0.15) is 43.0 Å². The second kappa shape index (κ2) is 8.16. The van der Waals surface area contributed by atoms with E-state index in [0.29, 0.717) is 0 Å². The molecular formula is C25H32N8O. The summed E-state index contributed by atoms with van der Waals surface area (Å²) in [6.45, 7) is 4.58. The average Bonchev–Trinajstić information content (AvgIpc) is 3.55. The minimum atomic E-state index is -0.402. The van der Waals surface area contributed by atoms with Gasteiger partial charge in [0.15, 0.2) is 11.8 Å². The van der Waals surface area contributed by atoms with Gasteiger partial charge in [-0.3, -0.25) is 4.79 Å². The van der Waals surface area contributed by atoms with E-state index in [1.54, 1.807) is 0 Å². The summed E-state index contributed by atoms with van der Waals surface area (Å²) in [6.07, 6.45) is 5.63. The maximum Gasteiger partial charge on any atom is 0.266 e. The van der Waals surface area contributed by atoms with Crippen LogP contribution in [0.25, 0.3) is 5.65 Å². The topological polar surface area (TPSA) is 95.0 Å². The summed E-state index contributed by atoms with van der Waals surface area (Å²) in [5.41, 5.74) is 11.0. The van der Waals surface area contributed by atoms with E-state index in [2.05, 4.69) is 23.2 Å². The molecule has 3 aromatic rings. The second-order valence-electron chi connectivity index (χ2n) is 9.83. The molecule has 3 atom stereocenters. The van der Waals surface area contributed by atoms with Gasteiger partial charge in [-0.25, -0.2) is 9.50 Å². The van der Waals surface area contributed by atoms with Gasteiger partial charge in [0.05, 0.1) is 23.1 Å². The number of nitrogens with one attached hydrogen (secondary N) is 1. The van der Waals surface area contributed by atoms with Crippen molar-refractivity contribution in [1.29, 1.82) is 0 Å². The summed E-state index contributed by atoms with van der Waals surface area (Å²) in [7, 11) is 1.98. The number of benzene rings is 1. The number of piperidine rings is 1. The molecule has 1 amide bonds. The molecule has 0 bridgehead atoms. The van der Waals surface area contributed by atoms with Crippen molar-refractivity contribution in [3.8, 4) is 0 Å². The summed E-state index contributed by atoms with van der Waals surface area (Å²) in [5.74, 6) is 1.08. The molecule has 0 aliphatic carbocycles. The minimum Gasteiger partial charge on any atom is -0.356 e. The Kier molecular flexibility index (Phi) is 5.09. The normalized spacial score (nSPS) is 24.6. The number of rotatable bonds is 3. The maximum absolute atomic E-state index is 13.7. The van der Waals surface area contributed by atoms with Gasteiger partial charge in [-0.15, -0.1) is 0 Å². The number of amides is 1. The molecule has 1 aromatic carbocycles. The molecule has 2 saturated heterocycles. The average molecular weight is 461 g/mol. The molecule has 5 heterocycles. The van der Waals surface area contributed by atoms with Gasteiger partial charge in [0.1, 0.15) is 5.82 Å². The molecule has 9 nitrogen and oxygen atoms in total. The largest absolute Gasteiger partial charge is 0.356 e. The smallest absolute Gasteiger partial charge is 0.266 e. The summed E-state index contributed by atoms with van der Waals surface area (Å²) in [4.78, 5) is 25.0. The highest BCUT2D eigenvalue weighted by Gasteiger charge is 2.39. The van der Waals surface area contributed by atoms with E-state index in [4.69, 9.17) is 15.8 Å². The lowest BCUT2D eigenvalue weighted by molar-refractivity contribution is -0.135. The van der Waals surface area contributed by atoms with E-state index < -0.39 is 6.17 Å². The number of likely N-dealkylation sites (tertiary alicyclic amines) is 1. The predicted molar refractivity (Wildman–Crippen MR) is 133 cm³/mol. The number of para-hydroxylation sites is 2. The first kappa shape index (κ1) is 21.2. The van der Waals surface area contributed by atoms with Crippen molar-refractivity contribution in [2.75, 3.05) is 41.8 Å². The summed E-state index contributed by atoms with van der Waals surface area (Å²) in [6, 6.07) is 10.3. The van der Waals surface area contributed by atoms with Crippen LogP contribution < -0.4 is 20.9 Å². The minimum absolute atomic E-state index is 0.0502. The van der Waals surface area contributed by atoms with Crippen molar-refractivity contribution < 1.29 is 4.79 Å². The van der Waals surface area contributed by atoms with E-state index in [1.165, 1.54) is 0 Å². The monoisotopic (exact) mass is 460 g/mol. The van der Waals surface area contributed by atoms with Gasteiger partial charge >= 0.3 is 0 Å². The van der Waals surface area contributed by atoms with Gasteiger partial charge in [-0.2, -0.15) is 5.10 Å². The SMILES string of the molecule is Cc1cn2nc([C@@H]3CCCCN3C(=O)C3Nc4ccccc4N3C)cc2nc1N1CC[C@H](N)C1. The number of aryl methyl sites for hydroxylation is 1. The van der Waals surface area contributed by atoms with Crippen molar-refractivity contribution in [2.24, 2.45) is 5.73 Å². The fourth-order valence-corrected chi connectivity index (χ4v) is 5.66. The molecule has 34 heavy (non-hydrogen) atoms. The molecule has 3 N–H and O–H groups in total. The molecule has 2 aromatic heterocycles. The number of fused-ring (bicyclic) bond motifs is 2. The zero-order chi connectivity index (χ0) is 23.4. The van der Waals surface area contributed by atoms with Crippen LogP contribution in [0.15, 0.2) is 36.5 Å². The molecule has 3 aliphatic heterocycles. The molecule has 6 rings (SSSR count). The highest BCUT2D eigenvalue weighted by molar-refractivity contribution is 5.93. The number of nitrogens with two attached hydrogens (primary N) is 1. The van der Waals surface area contributed by atoms with Crippen molar-refractivity contribution >= 4 is 28.7 Å². The molecule has 9 heteroatoms. The first-order valence-electron chi connectivity index (χ1n) is 12.3. The lowest BCUT2D eigenvalue weighted by Gasteiger charge is -2.37. The standard InChI is InChI=1S/C25H32N8O/c1-16-14-33-22(28-23(16)31-12-10-17(26)15-31)13-19(29-33)21-9-5-6-11-32(21)25(34)24-27-18-7-3-4-8-20(18)30(24)2/h3-4,7-8,13-14,17,21,24,27H,5-6,9-12,15,26H2,1-2H3/t17-,21-,24?/m0/s1. The fraction of sp³-hybridized carbons (Fsp3) is 0.480. The third-order valence-electron chi connectivity index (χ3n) is 7.47. The zero-order valence-corrected chi connectivity index (χ0v) is 19.8. The van der Waals surface area contributed by atoms with Gasteiger partial charge in [-0.1, -0.05) is 12.1 Å². The summed E-state index contributed by atoms with van der Waals surface area (Å²) >= 11 is 0. The summed E-state index contributed by atoms with van der Waals surface area (Å²) < 4.78 is 1.86. The van der Waals surface area contributed by atoms with Gasteiger partial charge in [0.25, 0.3) is 5.91 Å². The van der Waals surface area contributed by atoms with Gasteiger partial charge in [0.2, 0.25) is 0 Å². The van der Waals surface area contributed by atoms with Gasteiger partial charge in [0, 0.05) is 50.6 Å². The van der Waals surface area contributed by atoms with E-state index in [-0.39, 0.29) is 18.0 Å². The van der Waals surface area contributed by atoms with Crippen LogP contribution in [0.5, 0.6) is 0 Å². The third-order valence-corrected chi connectivity index (χ3v) is 7.47. The van der Waals surface area contributed by atoms with Crippen molar-refractivity contribution in [3.05, 3.63) is 47.8 Å². The number of hydrogen-bond acceptors (Lipinski definition) is 7. The van der Waals surface area contributed by atoms with E-state index in [1.807, 2.05) is 51.8 Å². The molecular weight excluding hydrogens is 428 g/mol. The number of aromatic nitrogens is 3. The fourth-order valence-electron chi connectivity index (χ4n) is 5.66. The van der Waals surface area contributed by atoms with Crippen LogP contribution in [0.4, 0.5) is 17.2 Å². The van der Waals surface area contributed by atoms with Crippen LogP contribution >= 0.6 is 0 Å². The first-order valence-corrected chi connectivity index (χ1v) is 12.3. The molecule has 1 unspecified atom stereocenters. The lowest BCUT2D eigenvalue weighted by atomic mass is 9.99. The Morgan fingerprint density at radius 2 is 2.03 bits per heavy atom. The van der Waals surface area contributed by atoms with Gasteiger partial charge < -0.3 is 25.8 Å². The zero-order valence-electron chi connectivity index (χ0n) is 19.8. The number of hydrogen-bond donors (Lipinski definition) is 2. The third kappa shape index (κ3) is 3.46. The molecule has 0 radical (unpaired) electrons. The summed E-state index contributed by atoms with van der Waals surface area (Å²) in [5, 5.41) is 8.29.